The van der Waals surface area contributed by atoms with Crippen LogP contribution in [0.3, 0.4) is 0 Å². The van der Waals surface area contributed by atoms with Crippen LogP contribution < -0.4 is 10.6 Å². The van der Waals surface area contributed by atoms with Gasteiger partial charge in [-0.05, 0) is 28.8 Å². The molecule has 0 aliphatic heterocycles. The van der Waals surface area contributed by atoms with Crippen molar-refractivity contribution in [2.75, 3.05) is 6.61 Å². The summed E-state index contributed by atoms with van der Waals surface area (Å²) in [5.41, 5.74) is 2.19. The van der Waals surface area contributed by atoms with Crippen molar-refractivity contribution in [2.24, 2.45) is 0 Å². The third-order valence-electron chi connectivity index (χ3n) is 5.20. The molecule has 4 N–H and O–H groups in total. The van der Waals surface area contributed by atoms with Crippen LogP contribution in [0.2, 0.25) is 0 Å². The number of phenolic OH excluding ortho intramolecular Hbond substituents is 1. The van der Waals surface area contributed by atoms with Gasteiger partial charge in [0.25, 0.3) is 0 Å². The molecule has 9 heteroatoms. The summed E-state index contributed by atoms with van der Waals surface area (Å²) in [5.74, 6) is -1.41. The van der Waals surface area contributed by atoms with Gasteiger partial charge in [0, 0.05) is 6.42 Å². The molecule has 0 aromatic heterocycles. The second kappa shape index (κ2) is 13.5. The topological polar surface area (TPSA) is 134 Å². The minimum Gasteiger partial charge on any atom is -0.508 e. The van der Waals surface area contributed by atoms with Crippen LogP contribution in [-0.4, -0.2) is 46.9 Å². The number of hydrogen-bond acceptors (Lipinski definition) is 7. The molecule has 0 bridgehead atoms. The number of esters is 1. The fraction of sp³-hybridized carbons (Fsp3) is 0.222. The molecular weight excluding hydrogens is 464 g/mol. The normalized spacial score (nSPS) is 12.1. The summed E-state index contributed by atoms with van der Waals surface area (Å²) in [6.45, 7) is -0.714. The molecule has 0 unspecified atom stereocenters. The fourth-order valence-electron chi connectivity index (χ4n) is 3.26. The average Bonchev–Trinajstić information content (AvgIpc) is 2.91. The summed E-state index contributed by atoms with van der Waals surface area (Å²) in [7, 11) is 0. The van der Waals surface area contributed by atoms with E-state index in [0.29, 0.717) is 5.56 Å². The van der Waals surface area contributed by atoms with E-state index in [9.17, 15) is 24.6 Å². The average molecular weight is 493 g/mol. The molecule has 36 heavy (non-hydrogen) atoms. The number of carbonyl (C=O) groups is 3. The maximum Gasteiger partial charge on any atom is 0.408 e. The predicted molar refractivity (Wildman–Crippen MR) is 131 cm³/mol. The summed E-state index contributed by atoms with van der Waals surface area (Å²) in [6.07, 6.45) is -0.828. The van der Waals surface area contributed by atoms with Crippen LogP contribution in [0, 0.1) is 0 Å². The van der Waals surface area contributed by atoms with E-state index in [1.807, 2.05) is 24.3 Å². The van der Waals surface area contributed by atoms with Gasteiger partial charge in [-0.15, -0.1) is 0 Å². The molecule has 188 valence electrons. The summed E-state index contributed by atoms with van der Waals surface area (Å²) in [5, 5.41) is 24.0. The van der Waals surface area contributed by atoms with Crippen molar-refractivity contribution in [3.63, 3.8) is 0 Å². The minimum atomic E-state index is -1.35. The van der Waals surface area contributed by atoms with Crippen molar-refractivity contribution in [3.8, 4) is 5.75 Å². The monoisotopic (exact) mass is 492 g/mol. The number of hydrogen-bond donors (Lipinski definition) is 4. The lowest BCUT2D eigenvalue weighted by atomic mass is 10.1. The number of aromatic hydroxyl groups is 1. The lowest BCUT2D eigenvalue weighted by molar-refractivity contribution is -0.149. The number of carbonyl (C=O) groups excluding carboxylic acids is 3. The smallest absolute Gasteiger partial charge is 0.408 e. The summed E-state index contributed by atoms with van der Waals surface area (Å²) >= 11 is 0. The number of aliphatic hydroxyl groups excluding tert-OH is 1. The molecule has 3 rings (SSSR count). The Morgan fingerprint density at radius 2 is 1.25 bits per heavy atom. The van der Waals surface area contributed by atoms with Gasteiger partial charge < -0.3 is 30.3 Å². The van der Waals surface area contributed by atoms with Gasteiger partial charge in [0.1, 0.15) is 31.0 Å². The van der Waals surface area contributed by atoms with E-state index in [2.05, 4.69) is 10.6 Å². The van der Waals surface area contributed by atoms with E-state index in [0.717, 1.165) is 11.1 Å². The Bertz CT molecular complexity index is 1120. The van der Waals surface area contributed by atoms with Crippen LogP contribution in [-0.2, 0) is 38.7 Å². The first-order valence-electron chi connectivity index (χ1n) is 11.3. The molecule has 0 heterocycles. The van der Waals surface area contributed by atoms with Gasteiger partial charge in [0.15, 0.2) is 0 Å². The zero-order valence-electron chi connectivity index (χ0n) is 19.5. The van der Waals surface area contributed by atoms with Crippen LogP contribution in [0.5, 0.6) is 5.75 Å². The molecule has 0 fully saturated rings. The molecule has 0 radical (unpaired) electrons. The van der Waals surface area contributed by atoms with E-state index in [1.165, 1.54) is 12.1 Å². The first kappa shape index (κ1) is 26.2. The molecule has 2 atom stereocenters. The number of nitrogens with one attached hydrogen (secondary N) is 2. The van der Waals surface area contributed by atoms with Crippen LogP contribution in [0.4, 0.5) is 4.79 Å². The van der Waals surface area contributed by atoms with Crippen molar-refractivity contribution in [1.82, 2.24) is 10.6 Å². The molecular formula is C27H28N2O7. The SMILES string of the molecule is O=C(N[C@@H](CO)C(=O)N[C@H](Cc1ccc(O)cc1)C(=O)OCc1ccccc1)OCc1ccccc1. The number of alkyl carbamates (subject to hydrolysis) is 1. The number of amides is 2. The van der Waals surface area contributed by atoms with Crippen LogP contribution in [0.15, 0.2) is 84.9 Å². The number of aliphatic hydroxyl groups is 1. The Morgan fingerprint density at radius 1 is 0.694 bits per heavy atom. The van der Waals surface area contributed by atoms with Crippen molar-refractivity contribution in [3.05, 3.63) is 102 Å². The van der Waals surface area contributed by atoms with Gasteiger partial charge in [-0.3, -0.25) is 4.79 Å². The lowest BCUT2D eigenvalue weighted by Gasteiger charge is -2.22. The second-order valence-electron chi connectivity index (χ2n) is 7.97. The van der Waals surface area contributed by atoms with Gasteiger partial charge in [0.2, 0.25) is 5.91 Å². The predicted octanol–water partition coefficient (Wildman–Crippen LogP) is 2.45. The molecule has 0 spiro atoms. The highest BCUT2D eigenvalue weighted by atomic mass is 16.5. The zero-order valence-corrected chi connectivity index (χ0v) is 19.5. The van der Waals surface area contributed by atoms with E-state index in [1.54, 1.807) is 48.5 Å². The number of ether oxygens (including phenoxy) is 2. The molecule has 3 aromatic rings. The zero-order chi connectivity index (χ0) is 25.8. The van der Waals surface area contributed by atoms with Crippen molar-refractivity contribution < 1.29 is 34.1 Å². The Kier molecular flexibility index (Phi) is 9.84. The third kappa shape index (κ3) is 8.44. The second-order valence-corrected chi connectivity index (χ2v) is 7.97. The fourth-order valence-corrected chi connectivity index (χ4v) is 3.26. The van der Waals surface area contributed by atoms with Gasteiger partial charge in [-0.1, -0.05) is 72.8 Å². The highest BCUT2D eigenvalue weighted by molar-refractivity contribution is 5.89. The van der Waals surface area contributed by atoms with Gasteiger partial charge in [0.05, 0.1) is 6.61 Å². The molecule has 3 aromatic carbocycles. The number of phenols is 1. The quantitative estimate of drug-likeness (QED) is 0.302. The van der Waals surface area contributed by atoms with Gasteiger partial charge in [-0.25, -0.2) is 9.59 Å². The molecule has 0 aliphatic carbocycles. The van der Waals surface area contributed by atoms with Crippen molar-refractivity contribution in [2.45, 2.75) is 31.7 Å². The summed E-state index contributed by atoms with van der Waals surface area (Å²) in [4.78, 5) is 37.8. The van der Waals surface area contributed by atoms with Crippen molar-refractivity contribution in [1.29, 1.82) is 0 Å². The Labute approximate surface area is 208 Å². The molecule has 0 aliphatic rings. The highest BCUT2D eigenvalue weighted by Crippen LogP contribution is 2.13. The highest BCUT2D eigenvalue weighted by Gasteiger charge is 2.28. The maximum atomic E-state index is 12.9. The van der Waals surface area contributed by atoms with Crippen molar-refractivity contribution >= 4 is 18.0 Å². The Balaban J connectivity index is 1.62. The van der Waals surface area contributed by atoms with E-state index in [-0.39, 0.29) is 25.4 Å². The van der Waals surface area contributed by atoms with E-state index in [4.69, 9.17) is 9.47 Å². The summed E-state index contributed by atoms with van der Waals surface area (Å²) in [6, 6.07) is 21.7. The van der Waals surface area contributed by atoms with Crippen LogP contribution >= 0.6 is 0 Å². The molecule has 0 saturated heterocycles. The van der Waals surface area contributed by atoms with E-state index >= 15 is 0 Å². The Morgan fingerprint density at radius 3 is 1.81 bits per heavy atom. The van der Waals surface area contributed by atoms with E-state index < -0.39 is 36.7 Å². The standard InChI is InChI=1S/C27H28N2O7/c30-16-24(29-27(34)36-18-21-9-5-2-6-10-21)25(32)28-23(15-19-11-13-22(31)14-12-19)26(33)35-17-20-7-3-1-4-8-20/h1-14,23-24,30-31H,15-18H2,(H,28,32)(H,29,34)/t23-,24+/m1/s1. The van der Waals surface area contributed by atoms with Gasteiger partial charge >= 0.3 is 12.1 Å². The number of rotatable bonds is 11. The summed E-state index contributed by atoms with van der Waals surface area (Å²) < 4.78 is 10.5. The lowest BCUT2D eigenvalue weighted by Crippen LogP contribution is -2.54. The number of benzene rings is 3. The maximum absolute atomic E-state index is 12.9. The van der Waals surface area contributed by atoms with Gasteiger partial charge in [-0.2, -0.15) is 0 Å². The Hall–Kier alpha value is -4.37. The van der Waals surface area contributed by atoms with Crippen LogP contribution in [0.25, 0.3) is 0 Å². The first-order chi connectivity index (χ1) is 17.4. The largest absolute Gasteiger partial charge is 0.508 e. The molecule has 2 amide bonds. The molecule has 0 saturated carbocycles. The first-order valence-corrected chi connectivity index (χ1v) is 11.3. The molecule has 9 nitrogen and oxygen atoms in total. The third-order valence-corrected chi connectivity index (χ3v) is 5.20. The van der Waals surface area contributed by atoms with Crippen LogP contribution in [0.1, 0.15) is 16.7 Å². The minimum absolute atomic E-state index is 0.00904.